The number of aromatic amines is 2. The number of imidazole rings is 2. The normalized spacial score (nSPS) is 20.7. The highest BCUT2D eigenvalue weighted by molar-refractivity contribution is 6.30. The Labute approximate surface area is 315 Å². The van der Waals surface area contributed by atoms with Crippen LogP contribution in [0.25, 0.3) is 0 Å². The molecule has 0 saturated carbocycles. The van der Waals surface area contributed by atoms with E-state index in [1.807, 2.05) is 62.3 Å². The topological polar surface area (TPSA) is 210 Å². The molecule has 4 amide bonds. The second-order valence-corrected chi connectivity index (χ2v) is 15.4. The quantitative estimate of drug-likeness (QED) is 0.183. The second kappa shape index (κ2) is 18.9. The summed E-state index contributed by atoms with van der Waals surface area (Å²) in [6.45, 7) is 19.1. The number of carbonyl (C=O) groups is 4. The number of hydrogen-bond donors (Lipinski definition) is 7. The lowest BCUT2D eigenvalue weighted by Crippen LogP contribution is -2.61. The Kier molecular flexibility index (Phi) is 15.6. The van der Waals surface area contributed by atoms with Crippen molar-refractivity contribution in [2.24, 2.45) is 0 Å². The van der Waals surface area contributed by atoms with Gasteiger partial charge in [0.2, 0.25) is 0 Å². The minimum atomic E-state index is -0.944. The molecule has 16 nitrogen and oxygen atoms in total. The van der Waals surface area contributed by atoms with Crippen LogP contribution in [0.2, 0.25) is 10.3 Å². The van der Waals surface area contributed by atoms with Gasteiger partial charge in [-0.15, -0.1) is 0 Å². The zero-order chi connectivity index (χ0) is 38.9. The van der Waals surface area contributed by atoms with E-state index < -0.39 is 11.7 Å². The standard InChI is InChI=1S/C19H32ClN5O3.C15H24ClN5O3/c1-7-12-15(20)24-16(22-12)17(26)23-13-8-9-25(10-14(13)21-11(2)3)18(27)28-19(4,5)6;1-4-9-12(16)20-13(18-9)14(22)19-10-5-6-21(15(23)24)7-11(10)17-8(2)3/h11,13-14,21H,7-10H2,1-6H3,(H,22,24)(H,23,26);8,10-11,17H,4-7H2,1-3H3,(H,18,20)(H,19,22)(H,23,24). The van der Waals surface area contributed by atoms with Gasteiger partial charge in [-0.3, -0.25) is 9.59 Å². The highest BCUT2D eigenvalue weighted by Crippen LogP contribution is 2.19. The van der Waals surface area contributed by atoms with Crippen molar-refractivity contribution in [3.63, 3.8) is 0 Å². The molecule has 0 aliphatic carbocycles. The van der Waals surface area contributed by atoms with Gasteiger partial charge in [0.25, 0.3) is 11.8 Å². The van der Waals surface area contributed by atoms with E-state index in [0.717, 1.165) is 11.4 Å². The molecule has 4 atom stereocenters. The summed E-state index contributed by atoms with van der Waals surface area (Å²) in [4.78, 5) is 65.8. The van der Waals surface area contributed by atoms with Gasteiger partial charge in [0.05, 0.1) is 11.4 Å². The lowest BCUT2D eigenvalue weighted by atomic mass is 9.98. The van der Waals surface area contributed by atoms with E-state index in [1.54, 1.807) is 4.90 Å². The van der Waals surface area contributed by atoms with Crippen LogP contribution in [-0.4, -0.2) is 127 Å². The fourth-order valence-electron chi connectivity index (χ4n) is 6.04. The molecule has 7 N–H and O–H groups in total. The number of aromatic nitrogens is 4. The molecule has 52 heavy (non-hydrogen) atoms. The summed E-state index contributed by atoms with van der Waals surface area (Å²) in [5.74, 6) is -0.241. The Balaban J connectivity index is 0.000000284. The average molecular weight is 772 g/mol. The molecule has 2 aliphatic rings. The molecule has 2 aliphatic heterocycles. The Morgan fingerprint density at radius 3 is 1.54 bits per heavy atom. The molecule has 0 spiro atoms. The SMILES string of the molecule is CCc1[nH]c(C(=O)NC2CCN(C(=O)O)CC2NC(C)C)nc1Cl.CCc1[nH]c(C(=O)NC2CCN(C(=O)OC(C)(C)C)CC2NC(C)C)nc1Cl. The van der Waals surface area contributed by atoms with Crippen molar-refractivity contribution in [1.82, 2.24) is 51.0 Å². The Morgan fingerprint density at radius 2 is 1.19 bits per heavy atom. The number of rotatable bonds is 10. The van der Waals surface area contributed by atoms with Crippen molar-refractivity contribution in [1.29, 1.82) is 0 Å². The van der Waals surface area contributed by atoms with Gasteiger partial charge >= 0.3 is 12.2 Å². The number of piperidine rings is 2. The maximum absolute atomic E-state index is 12.6. The van der Waals surface area contributed by atoms with Crippen LogP contribution < -0.4 is 21.3 Å². The number of nitrogens with one attached hydrogen (secondary N) is 6. The lowest BCUT2D eigenvalue weighted by molar-refractivity contribution is 0.0158. The Morgan fingerprint density at radius 1 is 0.788 bits per heavy atom. The van der Waals surface area contributed by atoms with Crippen molar-refractivity contribution in [3.8, 4) is 0 Å². The van der Waals surface area contributed by atoms with E-state index in [2.05, 4.69) is 41.2 Å². The van der Waals surface area contributed by atoms with Gasteiger partial charge in [-0.1, -0.05) is 64.7 Å². The summed E-state index contributed by atoms with van der Waals surface area (Å²) in [6, 6.07) is -0.191. The molecular weight excluding hydrogens is 715 g/mol. The van der Waals surface area contributed by atoms with Gasteiger partial charge in [0, 0.05) is 62.4 Å². The van der Waals surface area contributed by atoms with Crippen LogP contribution in [0.4, 0.5) is 9.59 Å². The molecule has 4 unspecified atom stereocenters. The van der Waals surface area contributed by atoms with E-state index >= 15 is 0 Å². The molecule has 2 fully saturated rings. The van der Waals surface area contributed by atoms with Gasteiger partial charge in [-0.05, 0) is 46.5 Å². The summed E-state index contributed by atoms with van der Waals surface area (Å²) in [6.07, 6.45) is 1.21. The first-order valence-corrected chi connectivity index (χ1v) is 18.7. The Bertz CT molecular complexity index is 1520. The number of amides is 4. The summed E-state index contributed by atoms with van der Waals surface area (Å²) in [7, 11) is 0. The number of carboxylic acid groups (broad SMARTS) is 1. The lowest BCUT2D eigenvalue weighted by Gasteiger charge is -2.40. The number of likely N-dealkylation sites (tertiary alicyclic amines) is 2. The fraction of sp³-hybridized carbons (Fsp3) is 0.706. The number of H-pyrrole nitrogens is 2. The third-order valence-corrected chi connectivity index (χ3v) is 9.09. The largest absolute Gasteiger partial charge is 0.465 e. The average Bonchev–Trinajstić information content (AvgIpc) is 3.63. The third kappa shape index (κ3) is 12.5. The molecular formula is C34H56Cl2N10O6. The second-order valence-electron chi connectivity index (χ2n) is 14.7. The van der Waals surface area contributed by atoms with Crippen LogP contribution in [0.3, 0.4) is 0 Å². The summed E-state index contributed by atoms with van der Waals surface area (Å²) >= 11 is 12.0. The summed E-state index contributed by atoms with van der Waals surface area (Å²) < 4.78 is 5.49. The van der Waals surface area contributed by atoms with E-state index in [1.165, 1.54) is 4.90 Å². The molecule has 292 valence electrons. The van der Waals surface area contributed by atoms with Gasteiger partial charge in [0.1, 0.15) is 5.60 Å². The van der Waals surface area contributed by atoms with Crippen LogP contribution in [0, 0.1) is 0 Å². The summed E-state index contributed by atoms with van der Waals surface area (Å²) in [5.41, 5.74) is 0.918. The van der Waals surface area contributed by atoms with Crippen molar-refractivity contribution >= 4 is 47.2 Å². The van der Waals surface area contributed by atoms with E-state index in [0.29, 0.717) is 62.2 Å². The van der Waals surface area contributed by atoms with E-state index in [-0.39, 0.29) is 65.8 Å². The minimum Gasteiger partial charge on any atom is -0.465 e. The predicted octanol–water partition coefficient (Wildman–Crippen LogP) is 4.21. The first-order chi connectivity index (χ1) is 24.3. The maximum atomic E-state index is 12.6. The zero-order valence-electron chi connectivity index (χ0n) is 31.7. The predicted molar refractivity (Wildman–Crippen MR) is 199 cm³/mol. The van der Waals surface area contributed by atoms with Crippen LogP contribution in [0.5, 0.6) is 0 Å². The van der Waals surface area contributed by atoms with Crippen LogP contribution >= 0.6 is 23.2 Å². The third-order valence-electron chi connectivity index (χ3n) is 8.47. The van der Waals surface area contributed by atoms with Crippen molar-refractivity contribution < 1.29 is 29.0 Å². The first kappa shape index (κ1) is 42.8. The highest BCUT2D eigenvalue weighted by atomic mass is 35.5. The van der Waals surface area contributed by atoms with E-state index in [9.17, 15) is 24.3 Å². The smallest absolute Gasteiger partial charge is 0.410 e. The summed E-state index contributed by atoms with van der Waals surface area (Å²) in [5, 5.41) is 22.5. The molecule has 0 aromatic carbocycles. The van der Waals surface area contributed by atoms with Crippen LogP contribution in [0.15, 0.2) is 0 Å². The van der Waals surface area contributed by atoms with Gasteiger partial charge in [-0.25, -0.2) is 19.6 Å². The monoisotopic (exact) mass is 770 g/mol. The minimum absolute atomic E-state index is 0.0960. The van der Waals surface area contributed by atoms with Gasteiger partial charge in [0.15, 0.2) is 22.0 Å². The molecule has 4 heterocycles. The molecule has 0 radical (unpaired) electrons. The maximum Gasteiger partial charge on any atom is 0.410 e. The first-order valence-electron chi connectivity index (χ1n) is 17.9. The van der Waals surface area contributed by atoms with Crippen molar-refractivity contribution in [3.05, 3.63) is 33.3 Å². The van der Waals surface area contributed by atoms with Gasteiger partial charge in [-0.2, -0.15) is 0 Å². The van der Waals surface area contributed by atoms with Crippen LogP contribution in [-0.2, 0) is 17.6 Å². The number of ether oxygens (including phenoxy) is 1. The zero-order valence-corrected chi connectivity index (χ0v) is 33.2. The Hall–Kier alpha value is -3.60. The fourth-order valence-corrected chi connectivity index (χ4v) is 6.57. The molecule has 2 saturated heterocycles. The van der Waals surface area contributed by atoms with Crippen molar-refractivity contribution in [2.75, 3.05) is 26.2 Å². The highest BCUT2D eigenvalue weighted by Gasteiger charge is 2.36. The van der Waals surface area contributed by atoms with Gasteiger partial charge < -0.3 is 50.9 Å². The number of carbonyl (C=O) groups excluding carboxylic acids is 3. The number of hydrogen-bond acceptors (Lipinski definition) is 9. The number of aryl methyl sites for hydroxylation is 2. The van der Waals surface area contributed by atoms with Crippen molar-refractivity contribution in [2.45, 2.75) is 130 Å². The molecule has 2 aromatic rings. The molecule has 4 rings (SSSR count). The van der Waals surface area contributed by atoms with Crippen LogP contribution in [0.1, 0.15) is 108 Å². The number of nitrogens with zero attached hydrogens (tertiary/aromatic N) is 4. The molecule has 18 heteroatoms. The number of halogens is 2. The van der Waals surface area contributed by atoms with E-state index in [4.69, 9.17) is 27.9 Å². The molecule has 2 aromatic heterocycles. The molecule has 0 bridgehead atoms.